The number of alkyl halides is 4. The van der Waals surface area contributed by atoms with Crippen molar-refractivity contribution >= 4 is 36.4 Å². The van der Waals surface area contributed by atoms with Gasteiger partial charge in [-0.25, -0.2) is 22.6 Å². The zero-order chi connectivity index (χ0) is 53.8. The summed E-state index contributed by atoms with van der Waals surface area (Å²) in [5, 5.41) is 10.8. The van der Waals surface area contributed by atoms with Crippen molar-refractivity contribution in [2.75, 3.05) is 40.5 Å². The molecule has 4 aliphatic rings. The summed E-state index contributed by atoms with van der Waals surface area (Å²) in [4.78, 5) is 66.5. The van der Waals surface area contributed by atoms with Gasteiger partial charge in [-0.3, -0.25) is 43.8 Å². The molecule has 2 saturated carbocycles. The molecular formula is C58H69F4N5O8. The predicted molar refractivity (Wildman–Crippen MR) is 277 cm³/mol. The van der Waals surface area contributed by atoms with Crippen LogP contribution >= 0.6 is 0 Å². The van der Waals surface area contributed by atoms with Gasteiger partial charge in [-0.15, -0.1) is 0 Å². The number of rotatable bonds is 21. The van der Waals surface area contributed by atoms with Crippen LogP contribution in [0.4, 0.5) is 17.6 Å². The predicted octanol–water partition coefficient (Wildman–Crippen LogP) is 10.5. The average Bonchev–Trinajstić information content (AvgIpc) is 4.10. The van der Waals surface area contributed by atoms with Gasteiger partial charge in [-0.05, 0) is 110 Å². The minimum absolute atomic E-state index is 0.0463. The van der Waals surface area contributed by atoms with Crippen LogP contribution in [0.5, 0.6) is 0 Å². The number of benzene rings is 4. The average molecular weight is 1040 g/mol. The SMILES string of the molecule is CON(C)C(=O)CC1(N2C=NCC2=O)CCC(CO[C@H](C)c2cc(CF)cc(CF)c2)(c2ccccc2)CC1.C[C@@H](OCC1(c2ccccc2)CCC(CC(=O)O)(N2C=NCC2=O)CC1)c1cc(CF)cc(CF)c1. The second-order valence-corrected chi connectivity index (χ2v) is 20.6. The van der Waals surface area contributed by atoms with Gasteiger partial charge in [0, 0.05) is 17.9 Å². The Hall–Kier alpha value is -6.30. The van der Waals surface area contributed by atoms with E-state index >= 15 is 0 Å². The fraction of sp³-hybridized carbons (Fsp3) is 0.483. The van der Waals surface area contributed by atoms with Gasteiger partial charge in [0.25, 0.3) is 0 Å². The summed E-state index contributed by atoms with van der Waals surface area (Å²) in [5.41, 5.74) is 3.07. The Morgan fingerprint density at radius 3 is 1.27 bits per heavy atom. The number of ether oxygens (including phenoxy) is 2. The van der Waals surface area contributed by atoms with Gasteiger partial charge in [0.05, 0.1) is 69.1 Å². The quantitative estimate of drug-likeness (QED) is 0.0640. The Morgan fingerprint density at radius 2 is 0.960 bits per heavy atom. The van der Waals surface area contributed by atoms with E-state index in [1.807, 2.05) is 62.4 Å². The smallest absolute Gasteiger partial charge is 0.305 e. The normalized spacial score (nSPS) is 24.2. The van der Waals surface area contributed by atoms with E-state index in [4.69, 9.17) is 14.3 Å². The second kappa shape index (κ2) is 25.0. The molecule has 2 heterocycles. The molecule has 0 aromatic heterocycles. The molecule has 3 amide bonds. The van der Waals surface area contributed by atoms with Crippen LogP contribution in [0.15, 0.2) is 107 Å². The van der Waals surface area contributed by atoms with E-state index in [2.05, 4.69) is 22.1 Å². The molecule has 1 N–H and O–H groups in total. The summed E-state index contributed by atoms with van der Waals surface area (Å²) in [7, 11) is 3.00. The van der Waals surface area contributed by atoms with Gasteiger partial charge >= 0.3 is 5.97 Å². The van der Waals surface area contributed by atoms with Crippen LogP contribution in [-0.2, 0) is 71.0 Å². The Labute approximate surface area is 436 Å². The van der Waals surface area contributed by atoms with Crippen LogP contribution in [0, 0.1) is 0 Å². The minimum Gasteiger partial charge on any atom is -0.481 e. The summed E-state index contributed by atoms with van der Waals surface area (Å²) in [5.74, 6) is -1.45. The molecule has 75 heavy (non-hydrogen) atoms. The fourth-order valence-corrected chi connectivity index (χ4v) is 11.4. The maximum atomic E-state index is 13.4. The van der Waals surface area contributed by atoms with Crippen molar-refractivity contribution in [2.45, 2.75) is 139 Å². The maximum absolute atomic E-state index is 13.4. The molecule has 0 bridgehead atoms. The number of halogens is 4. The highest BCUT2D eigenvalue weighted by Crippen LogP contribution is 2.50. The molecule has 2 atom stereocenters. The Morgan fingerprint density at radius 1 is 0.600 bits per heavy atom. The molecule has 2 aliphatic heterocycles. The van der Waals surface area contributed by atoms with Crippen LogP contribution in [0.1, 0.15) is 135 Å². The first-order chi connectivity index (χ1) is 36.1. The van der Waals surface area contributed by atoms with Gasteiger partial charge in [0.1, 0.15) is 39.8 Å². The highest BCUT2D eigenvalue weighted by atomic mass is 19.1. The van der Waals surface area contributed by atoms with Crippen molar-refractivity contribution in [1.82, 2.24) is 14.9 Å². The molecular weight excluding hydrogens is 971 g/mol. The van der Waals surface area contributed by atoms with Crippen LogP contribution in [0.25, 0.3) is 0 Å². The largest absolute Gasteiger partial charge is 0.481 e. The van der Waals surface area contributed by atoms with Crippen LogP contribution in [0.2, 0.25) is 0 Å². The zero-order valence-corrected chi connectivity index (χ0v) is 43.3. The Kier molecular flexibility index (Phi) is 18.8. The lowest BCUT2D eigenvalue weighted by Gasteiger charge is -2.50. The number of amides is 3. The summed E-state index contributed by atoms with van der Waals surface area (Å²) in [6.07, 6.45) is 6.98. The van der Waals surface area contributed by atoms with Crippen LogP contribution < -0.4 is 0 Å². The highest BCUT2D eigenvalue weighted by molar-refractivity contribution is 5.96. The third-order valence-electron chi connectivity index (χ3n) is 16.0. The van der Waals surface area contributed by atoms with Crippen molar-refractivity contribution < 1.29 is 56.2 Å². The summed E-state index contributed by atoms with van der Waals surface area (Å²) >= 11 is 0. The van der Waals surface area contributed by atoms with Gasteiger partial charge < -0.3 is 14.6 Å². The first kappa shape index (κ1) is 56.4. The van der Waals surface area contributed by atoms with E-state index in [1.54, 1.807) is 42.6 Å². The fourth-order valence-electron chi connectivity index (χ4n) is 11.4. The number of hydrogen-bond acceptors (Lipinski definition) is 9. The van der Waals surface area contributed by atoms with Crippen molar-refractivity contribution in [3.8, 4) is 0 Å². The number of carboxylic acids is 1. The first-order valence-electron chi connectivity index (χ1n) is 25.6. The lowest BCUT2D eigenvalue weighted by Crippen LogP contribution is -2.56. The molecule has 402 valence electrons. The molecule has 4 aromatic rings. The third kappa shape index (κ3) is 13.0. The second-order valence-electron chi connectivity index (χ2n) is 20.6. The number of carbonyl (C=O) groups excluding carboxylic acids is 3. The number of nitrogens with zero attached hydrogens (tertiary/aromatic N) is 5. The Balaban J connectivity index is 0.000000219. The summed E-state index contributed by atoms with van der Waals surface area (Å²) in [6, 6.07) is 30.0. The van der Waals surface area contributed by atoms with Gasteiger partial charge in [0.2, 0.25) is 17.7 Å². The number of hydrogen-bond donors (Lipinski definition) is 1. The van der Waals surface area contributed by atoms with E-state index in [1.165, 1.54) is 35.5 Å². The van der Waals surface area contributed by atoms with Crippen molar-refractivity contribution in [3.05, 3.63) is 142 Å². The number of aliphatic imine (C=N–C) groups is 2. The molecule has 8 rings (SSSR count). The van der Waals surface area contributed by atoms with Gasteiger partial charge in [-0.2, -0.15) is 0 Å². The molecule has 0 saturated heterocycles. The van der Waals surface area contributed by atoms with Gasteiger partial charge in [0.15, 0.2) is 0 Å². The lowest BCUT2D eigenvalue weighted by molar-refractivity contribution is -0.172. The number of aliphatic carboxylic acids is 1. The number of hydroxylamine groups is 2. The highest BCUT2D eigenvalue weighted by Gasteiger charge is 2.52. The molecule has 2 aliphatic carbocycles. The molecule has 0 spiro atoms. The number of carbonyl (C=O) groups is 4. The lowest BCUT2D eigenvalue weighted by atomic mass is 9.63. The van der Waals surface area contributed by atoms with E-state index in [-0.39, 0.29) is 61.3 Å². The van der Waals surface area contributed by atoms with Crippen molar-refractivity contribution in [2.24, 2.45) is 9.98 Å². The van der Waals surface area contributed by atoms with E-state index < -0.39 is 49.2 Å². The maximum Gasteiger partial charge on any atom is 0.305 e. The van der Waals surface area contributed by atoms with Crippen LogP contribution in [0.3, 0.4) is 0 Å². The molecule has 17 heteroatoms. The molecule has 4 aromatic carbocycles. The number of carboxylic acid groups (broad SMARTS) is 1. The first-order valence-corrected chi connectivity index (χ1v) is 25.6. The Bertz CT molecular complexity index is 2610. The zero-order valence-electron chi connectivity index (χ0n) is 43.3. The molecule has 0 radical (unpaired) electrons. The van der Waals surface area contributed by atoms with Gasteiger partial charge in [-0.1, -0.05) is 97.1 Å². The standard InChI is InChI=1S/C30H37F2N3O4.C28H32F2N2O4/c1-22(25-14-23(17-31)13-24(15-25)18-32)39-20-29(26-7-5-4-6-8-26)9-11-30(12-10-29,16-27(36)34(2)38-3)35-21-33-19-28(35)37;1-20(23-12-21(15-29)11-22(13-23)16-30)36-18-27(24-5-3-2-4-6-24)7-9-28(10-8-27,14-26(34)35)32-19-31-17-25(32)33/h4-8,13-15,21-22H,9-12,16-20H2,1-3H3;2-6,11-13,19-20H,7-10,14-18H2,1H3,(H,34,35)/t22-,29?,30?;20-,27?,28?/m11/s1. The molecule has 13 nitrogen and oxygen atoms in total. The summed E-state index contributed by atoms with van der Waals surface area (Å²) < 4.78 is 66.2. The summed E-state index contributed by atoms with van der Waals surface area (Å²) in [6.45, 7) is 1.94. The van der Waals surface area contributed by atoms with E-state index in [0.29, 0.717) is 86.8 Å². The molecule has 2 fully saturated rings. The van der Waals surface area contributed by atoms with Crippen LogP contribution in [-0.4, -0.2) is 108 Å². The van der Waals surface area contributed by atoms with Crippen molar-refractivity contribution in [1.29, 1.82) is 0 Å². The van der Waals surface area contributed by atoms with Crippen molar-refractivity contribution in [3.63, 3.8) is 0 Å². The van der Waals surface area contributed by atoms with E-state index in [0.717, 1.165) is 22.3 Å². The topological polar surface area (TPSA) is 151 Å². The molecule has 0 unspecified atom stereocenters. The minimum atomic E-state index is -0.948. The monoisotopic (exact) mass is 1040 g/mol. The van der Waals surface area contributed by atoms with E-state index in [9.17, 15) is 41.8 Å². The third-order valence-corrected chi connectivity index (χ3v) is 16.0.